The van der Waals surface area contributed by atoms with Gasteiger partial charge in [0.2, 0.25) is 0 Å². The van der Waals surface area contributed by atoms with Crippen LogP contribution in [0.25, 0.3) is 0 Å². The zero-order chi connectivity index (χ0) is 10.3. The number of nitrogens with zero attached hydrogens (tertiary/aromatic N) is 2. The fourth-order valence-corrected chi connectivity index (χ4v) is 1.03. The van der Waals surface area contributed by atoms with E-state index in [0.29, 0.717) is 0 Å². The van der Waals surface area contributed by atoms with Crippen LogP contribution in [0.3, 0.4) is 0 Å². The highest BCUT2D eigenvalue weighted by molar-refractivity contribution is 5.26. The molecule has 13 heavy (non-hydrogen) atoms. The molecule has 0 aliphatic carbocycles. The smallest absolute Gasteiger partial charge is 0.138 e. The van der Waals surface area contributed by atoms with Crippen LogP contribution in [0.1, 0.15) is 41.5 Å². The SMILES string of the molecule is CC(C)(C)[C]1C=C(C(C)(C)C)N=N1. The van der Waals surface area contributed by atoms with E-state index in [1.807, 2.05) is 0 Å². The minimum absolute atomic E-state index is 0.108. The molecule has 1 radical (unpaired) electrons. The molecule has 2 heteroatoms. The Morgan fingerprint density at radius 3 is 1.62 bits per heavy atom. The Hall–Kier alpha value is -0.660. The maximum Gasteiger partial charge on any atom is 0.138 e. The average molecular weight is 179 g/mol. The minimum atomic E-state index is 0.108. The molecule has 0 aromatic heterocycles. The molecule has 1 aliphatic heterocycles. The van der Waals surface area contributed by atoms with E-state index in [0.717, 1.165) is 11.7 Å². The number of rotatable bonds is 0. The van der Waals surface area contributed by atoms with Gasteiger partial charge in [0.15, 0.2) is 0 Å². The van der Waals surface area contributed by atoms with Crippen LogP contribution in [-0.2, 0) is 0 Å². The summed E-state index contributed by atoms with van der Waals surface area (Å²) in [5, 5.41) is 8.41. The lowest BCUT2D eigenvalue weighted by Gasteiger charge is -2.20. The van der Waals surface area contributed by atoms with Crippen molar-refractivity contribution in [2.24, 2.45) is 21.1 Å². The van der Waals surface area contributed by atoms with Crippen molar-refractivity contribution >= 4 is 0 Å². The first-order valence-corrected chi connectivity index (χ1v) is 4.72. The van der Waals surface area contributed by atoms with Crippen molar-refractivity contribution in [1.82, 2.24) is 0 Å². The standard InChI is InChI=1S/C11H19N2/c1-10(2,3)8-7-9(13-12-8)11(4,5)6/h7H,1-6H3. The Kier molecular flexibility index (Phi) is 2.35. The molecule has 1 heterocycles. The summed E-state index contributed by atoms with van der Waals surface area (Å²) in [5.41, 5.74) is 1.30. The zero-order valence-electron chi connectivity index (χ0n) is 9.47. The van der Waals surface area contributed by atoms with Gasteiger partial charge in [0.05, 0.1) is 5.70 Å². The number of hydrogen-bond acceptors (Lipinski definition) is 2. The molecular weight excluding hydrogens is 160 g/mol. The summed E-state index contributed by atoms with van der Waals surface area (Å²) in [6.45, 7) is 12.9. The summed E-state index contributed by atoms with van der Waals surface area (Å²) in [7, 11) is 0. The molecule has 1 rings (SSSR count). The average Bonchev–Trinajstić information content (AvgIpc) is 2.28. The first-order chi connectivity index (χ1) is 5.71. The predicted molar refractivity (Wildman–Crippen MR) is 55.1 cm³/mol. The van der Waals surface area contributed by atoms with Gasteiger partial charge in [-0.25, -0.2) is 0 Å². The normalized spacial score (nSPS) is 19.4. The summed E-state index contributed by atoms with van der Waals surface area (Å²) in [6.07, 6.45) is 2.11. The molecule has 0 fully saturated rings. The van der Waals surface area contributed by atoms with Crippen molar-refractivity contribution in [3.8, 4) is 0 Å². The monoisotopic (exact) mass is 179 g/mol. The van der Waals surface area contributed by atoms with Crippen LogP contribution in [0, 0.1) is 16.9 Å². The molecule has 1 aliphatic rings. The van der Waals surface area contributed by atoms with E-state index >= 15 is 0 Å². The number of hydrogen-bond donors (Lipinski definition) is 0. The van der Waals surface area contributed by atoms with Crippen molar-refractivity contribution in [3.05, 3.63) is 17.8 Å². The maximum absolute atomic E-state index is 4.20. The molecule has 0 unspecified atom stereocenters. The third kappa shape index (κ3) is 2.39. The highest BCUT2D eigenvalue weighted by Gasteiger charge is 2.31. The Bertz CT molecular complexity index is 248. The van der Waals surface area contributed by atoms with Crippen LogP contribution in [0.15, 0.2) is 22.0 Å². The third-order valence-corrected chi connectivity index (χ3v) is 2.08. The lowest BCUT2D eigenvalue weighted by molar-refractivity contribution is 0.447. The molecule has 73 valence electrons. The van der Waals surface area contributed by atoms with E-state index < -0.39 is 0 Å². The van der Waals surface area contributed by atoms with Gasteiger partial charge < -0.3 is 0 Å². The van der Waals surface area contributed by atoms with E-state index in [1.165, 1.54) is 0 Å². The topological polar surface area (TPSA) is 24.7 Å². The van der Waals surface area contributed by atoms with E-state index in [1.54, 1.807) is 0 Å². The Morgan fingerprint density at radius 2 is 1.38 bits per heavy atom. The van der Waals surface area contributed by atoms with Gasteiger partial charge >= 0.3 is 0 Å². The molecule has 2 nitrogen and oxygen atoms in total. The lowest BCUT2D eigenvalue weighted by atomic mass is 9.84. The summed E-state index contributed by atoms with van der Waals surface area (Å²) >= 11 is 0. The predicted octanol–water partition coefficient (Wildman–Crippen LogP) is 3.96. The van der Waals surface area contributed by atoms with Crippen LogP contribution in [0.2, 0.25) is 0 Å². The van der Waals surface area contributed by atoms with Crippen molar-refractivity contribution in [1.29, 1.82) is 0 Å². The fraction of sp³-hybridized carbons (Fsp3) is 0.727. The zero-order valence-corrected chi connectivity index (χ0v) is 9.47. The molecule has 0 amide bonds. The van der Waals surface area contributed by atoms with Gasteiger partial charge in [0, 0.05) is 5.41 Å². The summed E-state index contributed by atoms with van der Waals surface area (Å²) in [5.74, 6) is 0. The van der Waals surface area contributed by atoms with Crippen LogP contribution in [-0.4, -0.2) is 0 Å². The lowest BCUT2D eigenvalue weighted by Crippen LogP contribution is -2.13. The maximum atomic E-state index is 4.20. The molecule has 0 saturated carbocycles. The van der Waals surface area contributed by atoms with Gasteiger partial charge in [-0.3, -0.25) is 0 Å². The van der Waals surface area contributed by atoms with E-state index in [-0.39, 0.29) is 10.8 Å². The molecule has 0 saturated heterocycles. The second-order valence-corrected chi connectivity index (χ2v) is 5.61. The van der Waals surface area contributed by atoms with Gasteiger partial charge in [0.25, 0.3) is 0 Å². The van der Waals surface area contributed by atoms with Crippen molar-refractivity contribution in [2.45, 2.75) is 41.5 Å². The minimum Gasteiger partial charge on any atom is -0.174 e. The quantitative estimate of drug-likeness (QED) is 0.537. The van der Waals surface area contributed by atoms with Gasteiger partial charge in [-0.05, 0) is 11.5 Å². The third-order valence-electron chi connectivity index (χ3n) is 2.08. The van der Waals surface area contributed by atoms with Crippen LogP contribution in [0.5, 0.6) is 0 Å². The first-order valence-electron chi connectivity index (χ1n) is 4.72. The molecule has 0 aromatic rings. The summed E-state index contributed by atoms with van der Waals surface area (Å²) < 4.78 is 0. The van der Waals surface area contributed by atoms with Crippen LogP contribution >= 0.6 is 0 Å². The van der Waals surface area contributed by atoms with Gasteiger partial charge in [-0.2, -0.15) is 10.2 Å². The van der Waals surface area contributed by atoms with Gasteiger partial charge in [0.1, 0.15) is 6.04 Å². The van der Waals surface area contributed by atoms with E-state index in [2.05, 4.69) is 57.8 Å². The fourth-order valence-electron chi connectivity index (χ4n) is 1.03. The molecule has 0 N–H and O–H groups in total. The highest BCUT2D eigenvalue weighted by Crippen LogP contribution is 2.40. The Labute approximate surface area is 81.1 Å². The Balaban J connectivity index is 2.84. The van der Waals surface area contributed by atoms with E-state index in [9.17, 15) is 0 Å². The summed E-state index contributed by atoms with van der Waals surface area (Å²) in [4.78, 5) is 0. The first kappa shape index (κ1) is 10.4. The number of allylic oxidation sites excluding steroid dienone is 1. The van der Waals surface area contributed by atoms with Crippen molar-refractivity contribution in [3.63, 3.8) is 0 Å². The van der Waals surface area contributed by atoms with E-state index in [4.69, 9.17) is 0 Å². The number of azo groups is 1. The summed E-state index contributed by atoms with van der Waals surface area (Å²) in [6, 6.07) is 1.08. The van der Waals surface area contributed by atoms with Crippen LogP contribution < -0.4 is 0 Å². The van der Waals surface area contributed by atoms with Crippen molar-refractivity contribution in [2.75, 3.05) is 0 Å². The second kappa shape index (κ2) is 2.93. The molecular formula is C11H19N2. The van der Waals surface area contributed by atoms with Crippen LogP contribution in [0.4, 0.5) is 0 Å². The molecule has 0 bridgehead atoms. The van der Waals surface area contributed by atoms with Gasteiger partial charge in [-0.1, -0.05) is 41.5 Å². The van der Waals surface area contributed by atoms with Crippen molar-refractivity contribution < 1.29 is 0 Å². The van der Waals surface area contributed by atoms with Gasteiger partial charge in [-0.15, -0.1) is 0 Å². The molecule has 0 atom stereocenters. The molecule has 0 spiro atoms. The molecule has 0 aromatic carbocycles. The highest BCUT2D eigenvalue weighted by atomic mass is 15.2. The Morgan fingerprint density at radius 1 is 0.846 bits per heavy atom. The largest absolute Gasteiger partial charge is 0.174 e. The second-order valence-electron chi connectivity index (χ2n) is 5.61.